The molecule has 0 aliphatic carbocycles. The molecule has 2 aromatic rings. The lowest BCUT2D eigenvalue weighted by atomic mass is 10.1. The number of carbonyl (C=O) groups is 1. The second-order valence-electron chi connectivity index (χ2n) is 4.52. The molecule has 0 atom stereocenters. The zero-order valence-electron chi connectivity index (χ0n) is 11.6. The largest absolute Gasteiger partial charge is 0.489 e. The van der Waals surface area contributed by atoms with Gasteiger partial charge in [0.05, 0.1) is 0 Å². The third-order valence-corrected chi connectivity index (χ3v) is 3.11. The van der Waals surface area contributed by atoms with E-state index in [4.69, 9.17) is 27.3 Å². The molecule has 0 radical (unpaired) electrons. The normalized spacial score (nSPS) is 10.8. The van der Waals surface area contributed by atoms with Gasteiger partial charge in [-0.2, -0.15) is 5.26 Å². The number of benzene rings is 2. The maximum absolute atomic E-state index is 11.0. The summed E-state index contributed by atoms with van der Waals surface area (Å²) in [6.45, 7) is 0.403. The Bertz CT molecular complexity index is 746. The topological polar surface area (TPSA) is 76.1 Å². The Balaban J connectivity index is 2.03. The number of ether oxygens (including phenoxy) is 1. The fourth-order valence-corrected chi connectivity index (χ4v) is 1.99. The van der Waals surface area contributed by atoms with Gasteiger partial charge in [-0.05, 0) is 41.5 Å². The fourth-order valence-electron chi connectivity index (χ4n) is 1.78. The van der Waals surface area contributed by atoms with Crippen LogP contribution in [0.2, 0.25) is 5.02 Å². The molecule has 0 aliphatic rings. The molecule has 2 rings (SSSR count). The predicted molar refractivity (Wildman–Crippen MR) is 85.0 cm³/mol. The Hall–Kier alpha value is -2.77. The maximum Gasteiger partial charge on any atom is 0.259 e. The SMILES string of the molecule is N#C/C(=C\c1ccc(OCc2cccc(Cl)c2)cc1)C(N)=O. The highest BCUT2D eigenvalue weighted by molar-refractivity contribution is 6.30. The molecule has 4 nitrogen and oxygen atoms in total. The molecule has 0 spiro atoms. The van der Waals surface area contributed by atoms with Gasteiger partial charge in [0, 0.05) is 5.02 Å². The highest BCUT2D eigenvalue weighted by Gasteiger charge is 2.03. The summed E-state index contributed by atoms with van der Waals surface area (Å²) in [5.74, 6) is -0.0708. The summed E-state index contributed by atoms with van der Waals surface area (Å²) in [6.07, 6.45) is 1.43. The van der Waals surface area contributed by atoms with Crippen molar-refractivity contribution < 1.29 is 9.53 Å². The number of halogens is 1. The van der Waals surface area contributed by atoms with Gasteiger partial charge in [0.15, 0.2) is 0 Å². The minimum absolute atomic E-state index is 0.0902. The van der Waals surface area contributed by atoms with Crippen LogP contribution < -0.4 is 10.5 Å². The molecule has 0 unspecified atom stereocenters. The highest BCUT2D eigenvalue weighted by Crippen LogP contribution is 2.17. The van der Waals surface area contributed by atoms with Crippen molar-refractivity contribution in [3.05, 3.63) is 70.3 Å². The van der Waals surface area contributed by atoms with Gasteiger partial charge in [-0.15, -0.1) is 0 Å². The number of rotatable bonds is 5. The van der Waals surface area contributed by atoms with Crippen molar-refractivity contribution in [1.82, 2.24) is 0 Å². The standard InChI is InChI=1S/C17H13ClN2O2/c18-15-3-1-2-13(9-15)11-22-16-6-4-12(5-7-16)8-14(10-19)17(20)21/h1-9H,11H2,(H2,20,21)/b14-8+. The molecule has 0 bridgehead atoms. The van der Waals surface area contributed by atoms with Gasteiger partial charge in [-0.1, -0.05) is 35.9 Å². The molecule has 110 valence electrons. The van der Waals surface area contributed by atoms with Gasteiger partial charge in [0.1, 0.15) is 24.0 Å². The van der Waals surface area contributed by atoms with Crippen LogP contribution in [0.5, 0.6) is 5.75 Å². The number of hydrogen-bond donors (Lipinski definition) is 1. The Labute approximate surface area is 133 Å². The predicted octanol–water partition coefficient (Wildman–Crippen LogP) is 3.31. The third-order valence-electron chi connectivity index (χ3n) is 2.87. The van der Waals surface area contributed by atoms with Crippen molar-refractivity contribution in [3.63, 3.8) is 0 Å². The average Bonchev–Trinajstić information content (AvgIpc) is 2.51. The number of amides is 1. The molecule has 0 aromatic heterocycles. The molecule has 22 heavy (non-hydrogen) atoms. The summed E-state index contributed by atoms with van der Waals surface area (Å²) in [6, 6.07) is 16.2. The molecule has 0 fully saturated rings. The van der Waals surface area contributed by atoms with Gasteiger partial charge in [0.25, 0.3) is 5.91 Å². The van der Waals surface area contributed by atoms with E-state index >= 15 is 0 Å². The van der Waals surface area contributed by atoms with E-state index in [1.165, 1.54) is 6.08 Å². The van der Waals surface area contributed by atoms with E-state index in [1.807, 2.05) is 18.2 Å². The van der Waals surface area contributed by atoms with Crippen molar-refractivity contribution in [3.8, 4) is 11.8 Å². The van der Waals surface area contributed by atoms with Crippen molar-refractivity contribution >= 4 is 23.6 Å². The van der Waals surface area contributed by atoms with Gasteiger partial charge in [0.2, 0.25) is 0 Å². The molecule has 1 amide bonds. The smallest absolute Gasteiger partial charge is 0.259 e. The Kier molecular flexibility index (Phi) is 5.18. The first-order chi connectivity index (χ1) is 10.6. The lowest BCUT2D eigenvalue weighted by molar-refractivity contribution is -0.114. The molecular formula is C17H13ClN2O2. The molecule has 2 aromatic carbocycles. The van der Waals surface area contributed by atoms with Crippen LogP contribution in [0.15, 0.2) is 54.1 Å². The summed E-state index contributed by atoms with van der Waals surface area (Å²) >= 11 is 5.91. The first kappa shape index (κ1) is 15.6. The highest BCUT2D eigenvalue weighted by atomic mass is 35.5. The van der Waals surface area contributed by atoms with Crippen molar-refractivity contribution in [1.29, 1.82) is 5.26 Å². The lowest BCUT2D eigenvalue weighted by Crippen LogP contribution is -2.12. The van der Waals surface area contributed by atoms with E-state index in [9.17, 15) is 4.79 Å². The summed E-state index contributed by atoms with van der Waals surface area (Å²) in [5, 5.41) is 9.45. The van der Waals surface area contributed by atoms with Crippen molar-refractivity contribution in [2.75, 3.05) is 0 Å². The summed E-state index contributed by atoms with van der Waals surface area (Å²) < 4.78 is 5.64. The second kappa shape index (κ2) is 7.30. The van der Waals surface area contributed by atoms with Gasteiger partial charge in [-0.3, -0.25) is 4.79 Å². The van der Waals surface area contributed by atoms with Crippen LogP contribution in [0.1, 0.15) is 11.1 Å². The molecule has 0 saturated heterocycles. The zero-order valence-corrected chi connectivity index (χ0v) is 12.4. The Morgan fingerprint density at radius 2 is 2.00 bits per heavy atom. The van der Waals surface area contributed by atoms with Crippen molar-refractivity contribution in [2.24, 2.45) is 5.73 Å². The summed E-state index contributed by atoms with van der Waals surface area (Å²) in [5.41, 5.74) is 6.66. The van der Waals surface area contributed by atoms with Crippen LogP contribution in [0, 0.1) is 11.3 Å². The maximum atomic E-state index is 11.0. The van der Waals surface area contributed by atoms with Crippen LogP contribution in [0.4, 0.5) is 0 Å². The number of carbonyl (C=O) groups excluding carboxylic acids is 1. The average molecular weight is 313 g/mol. The first-order valence-corrected chi connectivity index (χ1v) is 6.85. The minimum Gasteiger partial charge on any atom is -0.489 e. The molecule has 5 heteroatoms. The Morgan fingerprint density at radius 1 is 1.27 bits per heavy atom. The monoisotopic (exact) mass is 312 g/mol. The zero-order chi connectivity index (χ0) is 15.9. The molecule has 0 heterocycles. The van der Waals surface area contributed by atoms with E-state index < -0.39 is 5.91 Å². The van der Waals surface area contributed by atoms with Gasteiger partial charge < -0.3 is 10.5 Å². The van der Waals surface area contributed by atoms with Crippen LogP contribution in [-0.4, -0.2) is 5.91 Å². The fraction of sp³-hybridized carbons (Fsp3) is 0.0588. The quantitative estimate of drug-likeness (QED) is 0.679. The van der Waals surface area contributed by atoms with Crippen LogP contribution in [0.3, 0.4) is 0 Å². The second-order valence-corrected chi connectivity index (χ2v) is 4.96. The summed E-state index contributed by atoms with van der Waals surface area (Å²) in [7, 11) is 0. The molecule has 2 N–H and O–H groups in total. The Morgan fingerprint density at radius 3 is 2.59 bits per heavy atom. The van der Waals surface area contributed by atoms with Crippen LogP contribution >= 0.6 is 11.6 Å². The molecule has 0 saturated carbocycles. The number of nitrogens with zero attached hydrogens (tertiary/aromatic N) is 1. The van der Waals surface area contributed by atoms with E-state index in [2.05, 4.69) is 0 Å². The first-order valence-electron chi connectivity index (χ1n) is 6.47. The molecular weight excluding hydrogens is 300 g/mol. The number of primary amides is 1. The number of nitriles is 1. The third kappa shape index (κ3) is 4.37. The van der Waals surface area contributed by atoms with E-state index in [-0.39, 0.29) is 5.57 Å². The van der Waals surface area contributed by atoms with Crippen molar-refractivity contribution in [2.45, 2.75) is 6.61 Å². The lowest BCUT2D eigenvalue weighted by Gasteiger charge is -2.07. The molecule has 0 aliphatic heterocycles. The van der Waals surface area contributed by atoms with Crippen LogP contribution in [0.25, 0.3) is 6.08 Å². The number of nitrogens with two attached hydrogens (primary N) is 1. The summed E-state index contributed by atoms with van der Waals surface area (Å²) in [4.78, 5) is 11.0. The minimum atomic E-state index is -0.746. The van der Waals surface area contributed by atoms with E-state index in [0.29, 0.717) is 22.9 Å². The van der Waals surface area contributed by atoms with Crippen LogP contribution in [-0.2, 0) is 11.4 Å². The van der Waals surface area contributed by atoms with Gasteiger partial charge >= 0.3 is 0 Å². The van der Waals surface area contributed by atoms with E-state index in [1.54, 1.807) is 36.4 Å². The van der Waals surface area contributed by atoms with E-state index in [0.717, 1.165) is 5.56 Å². The van der Waals surface area contributed by atoms with Gasteiger partial charge in [-0.25, -0.2) is 0 Å². The number of hydrogen-bond acceptors (Lipinski definition) is 3.